The van der Waals surface area contributed by atoms with Gasteiger partial charge in [0.1, 0.15) is 0 Å². The van der Waals surface area contributed by atoms with Crippen molar-refractivity contribution in [3.63, 3.8) is 0 Å². The van der Waals surface area contributed by atoms with Gasteiger partial charge in [0.2, 0.25) is 0 Å². The maximum Gasteiger partial charge on any atom is 0.173 e. The summed E-state index contributed by atoms with van der Waals surface area (Å²) in [6.45, 7) is 2.25. The van der Waals surface area contributed by atoms with E-state index in [1.54, 1.807) is 6.08 Å². The number of nitrogens with one attached hydrogen (secondary N) is 1. The lowest BCUT2D eigenvalue weighted by Crippen LogP contribution is -2.43. The summed E-state index contributed by atoms with van der Waals surface area (Å²) in [6, 6.07) is 0.544. The van der Waals surface area contributed by atoms with Gasteiger partial charge in [-0.05, 0) is 18.8 Å². The molecule has 15 heavy (non-hydrogen) atoms. The highest BCUT2D eigenvalue weighted by atomic mass is 32.2. The smallest absolute Gasteiger partial charge is 0.173 e. The lowest BCUT2D eigenvalue weighted by atomic mass is 9.85. The topological polar surface area (TPSA) is 46.2 Å². The molecule has 3 atom stereocenters. The van der Waals surface area contributed by atoms with Gasteiger partial charge in [0.25, 0.3) is 0 Å². The predicted octanol–water partition coefficient (Wildman–Crippen LogP) is 1.47. The maximum absolute atomic E-state index is 11.2. The van der Waals surface area contributed by atoms with Crippen LogP contribution in [0.4, 0.5) is 0 Å². The zero-order valence-corrected chi connectivity index (χ0v) is 9.96. The van der Waals surface area contributed by atoms with Gasteiger partial charge in [0.15, 0.2) is 9.84 Å². The van der Waals surface area contributed by atoms with Gasteiger partial charge in [-0.15, -0.1) is 0 Å². The van der Waals surface area contributed by atoms with Crippen LogP contribution in [-0.2, 0) is 9.84 Å². The highest BCUT2D eigenvalue weighted by Crippen LogP contribution is 2.24. The average molecular weight is 229 g/mol. The van der Waals surface area contributed by atoms with Crippen molar-refractivity contribution in [2.45, 2.75) is 44.7 Å². The maximum atomic E-state index is 11.2. The van der Waals surface area contributed by atoms with E-state index in [9.17, 15) is 8.42 Å². The van der Waals surface area contributed by atoms with E-state index in [1.165, 1.54) is 31.1 Å². The fourth-order valence-electron chi connectivity index (χ4n) is 2.52. The van der Waals surface area contributed by atoms with Crippen molar-refractivity contribution in [3.8, 4) is 0 Å². The molecule has 0 spiro atoms. The lowest BCUT2D eigenvalue weighted by Gasteiger charge is -2.31. The van der Waals surface area contributed by atoms with Crippen LogP contribution in [0.3, 0.4) is 0 Å². The molecule has 1 saturated carbocycles. The molecule has 1 fully saturated rings. The van der Waals surface area contributed by atoms with Crippen LogP contribution in [0.5, 0.6) is 0 Å². The molecule has 2 rings (SSSR count). The Kier molecular flexibility index (Phi) is 3.16. The van der Waals surface area contributed by atoms with Crippen LogP contribution >= 0.6 is 0 Å². The quantitative estimate of drug-likeness (QED) is 0.780. The number of rotatable bonds is 2. The molecule has 0 radical (unpaired) electrons. The third-order valence-corrected chi connectivity index (χ3v) is 4.87. The summed E-state index contributed by atoms with van der Waals surface area (Å²) >= 11 is 0. The molecular formula is C11H19NO2S. The van der Waals surface area contributed by atoms with Gasteiger partial charge >= 0.3 is 0 Å². The lowest BCUT2D eigenvalue weighted by molar-refractivity contribution is 0.274. The van der Waals surface area contributed by atoms with Gasteiger partial charge in [0, 0.05) is 17.5 Å². The third kappa shape index (κ3) is 2.82. The fourth-order valence-corrected chi connectivity index (χ4v) is 3.77. The minimum atomic E-state index is -2.91. The summed E-state index contributed by atoms with van der Waals surface area (Å²) in [7, 11) is -2.91. The second kappa shape index (κ2) is 4.26. The number of hydrogen-bond acceptors (Lipinski definition) is 3. The minimum Gasteiger partial charge on any atom is -0.306 e. The molecule has 3 nitrogen and oxygen atoms in total. The number of sulfone groups is 1. The van der Waals surface area contributed by atoms with Gasteiger partial charge < -0.3 is 5.32 Å². The van der Waals surface area contributed by atoms with Crippen molar-refractivity contribution in [1.82, 2.24) is 5.32 Å². The summed E-state index contributed by atoms with van der Waals surface area (Å²) in [4.78, 5) is 0. The highest BCUT2D eigenvalue weighted by molar-refractivity contribution is 7.94. The van der Waals surface area contributed by atoms with Crippen molar-refractivity contribution in [2.75, 3.05) is 5.75 Å². The Balaban J connectivity index is 1.90. The minimum absolute atomic E-state index is 0.0422. The SMILES string of the molecule is CC1CCCCC1NC1C=CS(=O)(=O)C1. The Morgan fingerprint density at radius 1 is 1.27 bits per heavy atom. The summed E-state index contributed by atoms with van der Waals surface area (Å²) in [5.74, 6) is 0.923. The van der Waals surface area contributed by atoms with Gasteiger partial charge in [-0.3, -0.25) is 0 Å². The molecule has 0 bridgehead atoms. The van der Waals surface area contributed by atoms with E-state index in [2.05, 4.69) is 12.2 Å². The standard InChI is InChI=1S/C11H19NO2S/c1-9-4-2-3-5-11(9)12-10-6-7-15(13,14)8-10/h6-7,9-12H,2-5,8H2,1H3. The molecule has 1 aliphatic heterocycles. The first-order valence-corrected chi connectivity index (χ1v) is 7.45. The van der Waals surface area contributed by atoms with Crippen LogP contribution in [0, 0.1) is 5.92 Å². The second-order valence-corrected chi connectivity index (χ2v) is 6.73. The molecule has 0 aromatic rings. The first kappa shape index (κ1) is 11.1. The Morgan fingerprint density at radius 3 is 2.60 bits per heavy atom. The molecule has 4 heteroatoms. The molecule has 0 aromatic heterocycles. The first-order valence-electron chi connectivity index (χ1n) is 5.74. The highest BCUT2D eigenvalue weighted by Gasteiger charge is 2.27. The van der Waals surface area contributed by atoms with Crippen molar-refractivity contribution in [1.29, 1.82) is 0 Å². The Labute approximate surface area is 91.9 Å². The van der Waals surface area contributed by atoms with E-state index in [4.69, 9.17) is 0 Å². The van der Waals surface area contributed by atoms with E-state index < -0.39 is 9.84 Å². The van der Waals surface area contributed by atoms with Crippen LogP contribution < -0.4 is 5.32 Å². The molecule has 1 aliphatic carbocycles. The molecule has 0 saturated heterocycles. The molecule has 1 heterocycles. The van der Waals surface area contributed by atoms with E-state index in [0.717, 1.165) is 0 Å². The molecule has 2 aliphatic rings. The van der Waals surface area contributed by atoms with Crippen LogP contribution in [0.2, 0.25) is 0 Å². The van der Waals surface area contributed by atoms with Gasteiger partial charge in [-0.25, -0.2) is 8.42 Å². The Bertz CT molecular complexity index is 348. The molecule has 86 valence electrons. The fraction of sp³-hybridized carbons (Fsp3) is 0.818. The average Bonchev–Trinajstić information content (AvgIpc) is 2.50. The molecular weight excluding hydrogens is 210 g/mol. The van der Waals surface area contributed by atoms with Crippen LogP contribution in [0.1, 0.15) is 32.6 Å². The van der Waals surface area contributed by atoms with Crippen molar-refractivity contribution >= 4 is 9.84 Å². The zero-order valence-electron chi connectivity index (χ0n) is 9.15. The van der Waals surface area contributed by atoms with Crippen LogP contribution in [0.25, 0.3) is 0 Å². The largest absolute Gasteiger partial charge is 0.306 e. The molecule has 0 amide bonds. The number of hydrogen-bond donors (Lipinski definition) is 1. The van der Waals surface area contributed by atoms with E-state index >= 15 is 0 Å². The molecule has 1 N–H and O–H groups in total. The summed E-state index contributed by atoms with van der Waals surface area (Å²) in [5.41, 5.74) is 0. The monoisotopic (exact) mass is 229 g/mol. The molecule has 0 aromatic carbocycles. The summed E-state index contributed by atoms with van der Waals surface area (Å²) in [6.07, 6.45) is 6.83. The van der Waals surface area contributed by atoms with Crippen molar-refractivity contribution < 1.29 is 8.42 Å². The van der Waals surface area contributed by atoms with E-state index in [-0.39, 0.29) is 11.8 Å². The Morgan fingerprint density at radius 2 is 2.00 bits per heavy atom. The summed E-state index contributed by atoms with van der Waals surface area (Å²) in [5, 5.41) is 4.80. The normalized spacial score (nSPS) is 39.4. The van der Waals surface area contributed by atoms with Gasteiger partial charge in [-0.2, -0.15) is 0 Å². The summed E-state index contributed by atoms with van der Waals surface area (Å²) < 4.78 is 22.5. The third-order valence-electron chi connectivity index (χ3n) is 3.47. The van der Waals surface area contributed by atoms with Crippen LogP contribution in [0.15, 0.2) is 11.5 Å². The van der Waals surface area contributed by atoms with E-state index in [0.29, 0.717) is 12.0 Å². The predicted molar refractivity (Wildman–Crippen MR) is 61.3 cm³/mol. The second-order valence-electron chi connectivity index (χ2n) is 4.80. The Hall–Kier alpha value is -0.350. The van der Waals surface area contributed by atoms with Gasteiger partial charge in [-0.1, -0.05) is 25.8 Å². The zero-order chi connectivity index (χ0) is 10.9. The molecule has 3 unspecified atom stereocenters. The first-order chi connectivity index (χ1) is 7.07. The van der Waals surface area contributed by atoms with Gasteiger partial charge in [0.05, 0.1) is 5.75 Å². The van der Waals surface area contributed by atoms with Crippen molar-refractivity contribution in [3.05, 3.63) is 11.5 Å². The van der Waals surface area contributed by atoms with Crippen LogP contribution in [-0.4, -0.2) is 26.3 Å². The van der Waals surface area contributed by atoms with Crippen molar-refractivity contribution in [2.24, 2.45) is 5.92 Å². The van der Waals surface area contributed by atoms with E-state index in [1.807, 2.05) is 0 Å².